The van der Waals surface area contributed by atoms with Crippen LogP contribution in [0.15, 0.2) is 23.8 Å². The third-order valence-corrected chi connectivity index (χ3v) is 1.21. The normalized spacial score (nSPS) is 32.9. The lowest BCUT2D eigenvalue weighted by molar-refractivity contribution is -0.132. The first-order valence-corrected chi connectivity index (χ1v) is 2.83. The summed E-state index contributed by atoms with van der Waals surface area (Å²) < 4.78 is 19.5. The van der Waals surface area contributed by atoms with E-state index in [-0.39, 0.29) is 12.0 Å². The molecule has 1 atom stereocenters. The van der Waals surface area contributed by atoms with Crippen LogP contribution in [0.25, 0.3) is 0 Å². The van der Waals surface area contributed by atoms with Gasteiger partial charge >= 0.3 is 5.97 Å². The van der Waals surface area contributed by atoms with Gasteiger partial charge in [0.05, 0.1) is 6.94 Å². The summed E-state index contributed by atoms with van der Waals surface area (Å²) in [5, 5.41) is 8.41. The number of hydrogen-bond acceptors (Lipinski definition) is 1. The highest BCUT2D eigenvalue weighted by atomic mass is 19.1. The Bertz CT molecular complexity index is 243. The molecule has 0 amide bonds. The van der Waals surface area contributed by atoms with Crippen molar-refractivity contribution in [1.82, 2.24) is 0 Å². The smallest absolute Gasteiger partial charge is 0.335 e. The number of hydrogen-bond donors (Lipinski definition) is 1. The van der Waals surface area contributed by atoms with Crippen LogP contribution in [0.1, 0.15) is 7.79 Å². The van der Waals surface area contributed by atoms with Gasteiger partial charge in [-0.15, -0.1) is 0 Å². The van der Waals surface area contributed by atoms with Gasteiger partial charge in [-0.2, -0.15) is 0 Å². The highest BCUT2D eigenvalue weighted by Gasteiger charge is 2.10. The number of rotatable bonds is 1. The Morgan fingerprint density at radius 1 is 2.00 bits per heavy atom. The summed E-state index contributed by atoms with van der Waals surface area (Å²) in [6, 6.07) is 0. The summed E-state index contributed by atoms with van der Waals surface area (Å²) in [6.45, 7) is 0. The van der Waals surface area contributed by atoms with Crippen LogP contribution in [0.4, 0.5) is 4.39 Å². The standard InChI is InChI=1S/C7H7FO2/c8-6-3-1-5(2-4-6)7(9)10/h1-3,6H,4H2,(H,9,10)/i6D. The van der Waals surface area contributed by atoms with Crippen LogP contribution in [0.3, 0.4) is 0 Å². The molecule has 0 aromatic carbocycles. The van der Waals surface area contributed by atoms with Crippen LogP contribution < -0.4 is 0 Å². The number of carboxylic acid groups (broad SMARTS) is 1. The van der Waals surface area contributed by atoms with Gasteiger partial charge in [-0.25, -0.2) is 9.18 Å². The summed E-state index contributed by atoms with van der Waals surface area (Å²) in [6.07, 6.45) is 0.939. The van der Waals surface area contributed by atoms with Crippen molar-refractivity contribution >= 4 is 5.97 Å². The maximum absolute atomic E-state index is 12.7. The van der Waals surface area contributed by atoms with Gasteiger partial charge in [-0.1, -0.05) is 6.08 Å². The molecular weight excluding hydrogens is 135 g/mol. The summed E-state index contributed by atoms with van der Waals surface area (Å²) in [7, 11) is 0. The van der Waals surface area contributed by atoms with E-state index in [0.717, 1.165) is 12.2 Å². The third kappa shape index (κ3) is 1.43. The molecule has 0 saturated carbocycles. The molecule has 0 aromatic rings. The molecule has 3 heteroatoms. The molecule has 54 valence electrons. The first kappa shape index (κ1) is 5.65. The molecule has 0 radical (unpaired) electrons. The van der Waals surface area contributed by atoms with E-state index in [9.17, 15) is 9.18 Å². The van der Waals surface area contributed by atoms with Gasteiger partial charge in [0.1, 0.15) is 6.15 Å². The Balaban J connectivity index is 2.75. The molecule has 10 heavy (non-hydrogen) atoms. The van der Waals surface area contributed by atoms with E-state index >= 15 is 0 Å². The summed E-state index contributed by atoms with van der Waals surface area (Å²) in [4.78, 5) is 10.3. The van der Waals surface area contributed by atoms with Crippen LogP contribution in [-0.2, 0) is 4.79 Å². The fourth-order valence-corrected chi connectivity index (χ4v) is 0.682. The van der Waals surface area contributed by atoms with Crippen molar-refractivity contribution in [2.45, 2.75) is 12.6 Å². The number of aliphatic carboxylic acids is 1. The van der Waals surface area contributed by atoms with Crippen LogP contribution in [0.2, 0.25) is 0 Å². The minimum atomic E-state index is -2.13. The highest BCUT2D eigenvalue weighted by Crippen LogP contribution is 2.12. The maximum Gasteiger partial charge on any atom is 0.335 e. The quantitative estimate of drug-likeness (QED) is 0.600. The van der Waals surface area contributed by atoms with Gasteiger partial charge in [-0.05, 0) is 12.2 Å². The number of carboxylic acids is 1. The Kier molecular flexibility index (Phi) is 1.49. The fourth-order valence-electron chi connectivity index (χ4n) is 0.682. The van der Waals surface area contributed by atoms with Crippen molar-refractivity contribution in [2.24, 2.45) is 0 Å². The molecule has 2 nitrogen and oxygen atoms in total. The molecule has 0 aromatic heterocycles. The molecule has 0 bridgehead atoms. The fraction of sp³-hybridized carbons (Fsp3) is 0.286. The van der Waals surface area contributed by atoms with E-state index in [1.165, 1.54) is 6.08 Å². The average Bonchev–Trinajstić information content (AvgIpc) is 1.86. The first-order chi connectivity index (χ1) is 5.01. The zero-order valence-corrected chi connectivity index (χ0v) is 5.17. The number of carbonyl (C=O) groups is 1. The Morgan fingerprint density at radius 2 is 2.70 bits per heavy atom. The van der Waals surface area contributed by atoms with Crippen molar-refractivity contribution in [3.05, 3.63) is 23.8 Å². The second-order valence-electron chi connectivity index (χ2n) is 1.95. The summed E-state index contributed by atoms with van der Waals surface area (Å²) in [5.41, 5.74) is 0.0468. The summed E-state index contributed by atoms with van der Waals surface area (Å²) in [5.74, 6) is -1.09. The molecule has 0 saturated heterocycles. The number of allylic oxidation sites excluding steroid dienone is 2. The van der Waals surface area contributed by atoms with Crippen molar-refractivity contribution in [2.75, 3.05) is 0 Å². The van der Waals surface area contributed by atoms with E-state index < -0.39 is 12.1 Å². The van der Waals surface area contributed by atoms with Gasteiger partial charge in [0, 0.05) is 6.42 Å². The molecule has 1 rings (SSSR count). The van der Waals surface area contributed by atoms with Crippen LogP contribution >= 0.6 is 0 Å². The topological polar surface area (TPSA) is 37.3 Å². The molecule has 1 N–H and O–H groups in total. The van der Waals surface area contributed by atoms with Crippen LogP contribution in [0, 0.1) is 0 Å². The second kappa shape index (κ2) is 2.64. The molecule has 1 aliphatic carbocycles. The Morgan fingerprint density at radius 3 is 3.10 bits per heavy atom. The lowest BCUT2D eigenvalue weighted by Gasteiger charge is -2.04. The van der Waals surface area contributed by atoms with Crippen molar-refractivity contribution in [1.29, 1.82) is 0 Å². The lowest BCUT2D eigenvalue weighted by Crippen LogP contribution is -2.05. The zero-order chi connectivity index (χ0) is 8.48. The SMILES string of the molecule is [2H]C1(F)C=CC(C(=O)O)=CC1. The van der Waals surface area contributed by atoms with Crippen molar-refractivity contribution in [3.63, 3.8) is 0 Å². The number of alkyl halides is 1. The number of halogens is 1. The molecular formula is C7H7FO2. The predicted octanol–water partition coefficient (Wildman–Crippen LogP) is 1.30. The zero-order valence-electron chi connectivity index (χ0n) is 6.17. The molecule has 0 heterocycles. The Labute approximate surface area is 59.1 Å². The second-order valence-corrected chi connectivity index (χ2v) is 1.95. The average molecular weight is 143 g/mol. The van der Waals surface area contributed by atoms with E-state index in [0.29, 0.717) is 0 Å². The predicted molar refractivity (Wildman–Crippen MR) is 34.4 cm³/mol. The molecule has 1 unspecified atom stereocenters. The lowest BCUT2D eigenvalue weighted by atomic mass is 10.1. The largest absolute Gasteiger partial charge is 0.478 e. The first-order valence-electron chi connectivity index (χ1n) is 3.33. The maximum atomic E-state index is 12.7. The van der Waals surface area contributed by atoms with E-state index in [1.807, 2.05) is 0 Å². The van der Waals surface area contributed by atoms with Crippen LogP contribution in [0.5, 0.6) is 0 Å². The molecule has 0 spiro atoms. The van der Waals surface area contributed by atoms with Gasteiger partial charge in [0.15, 0.2) is 0 Å². The minimum Gasteiger partial charge on any atom is -0.478 e. The van der Waals surface area contributed by atoms with Crippen molar-refractivity contribution < 1.29 is 15.7 Å². The van der Waals surface area contributed by atoms with Gasteiger partial charge < -0.3 is 5.11 Å². The van der Waals surface area contributed by atoms with Crippen LogP contribution in [-0.4, -0.2) is 17.2 Å². The van der Waals surface area contributed by atoms with E-state index in [1.54, 1.807) is 0 Å². The summed E-state index contributed by atoms with van der Waals surface area (Å²) >= 11 is 0. The van der Waals surface area contributed by atoms with Crippen molar-refractivity contribution in [3.8, 4) is 0 Å². The molecule has 0 aliphatic heterocycles. The molecule has 1 aliphatic rings. The third-order valence-electron chi connectivity index (χ3n) is 1.21. The Hall–Kier alpha value is -1.12. The van der Waals surface area contributed by atoms with Gasteiger partial charge in [0.2, 0.25) is 0 Å². The molecule has 0 fully saturated rings. The van der Waals surface area contributed by atoms with E-state index in [4.69, 9.17) is 6.48 Å². The minimum absolute atomic E-state index is 0.0468. The monoisotopic (exact) mass is 143 g/mol. The highest BCUT2D eigenvalue weighted by molar-refractivity contribution is 5.90. The van der Waals surface area contributed by atoms with Gasteiger partial charge in [-0.3, -0.25) is 0 Å². The van der Waals surface area contributed by atoms with Gasteiger partial charge in [0.25, 0.3) is 0 Å². The van der Waals surface area contributed by atoms with E-state index in [2.05, 4.69) is 0 Å².